The monoisotopic (exact) mass is 307 g/mol. The molecule has 0 aliphatic heterocycles. The van der Waals surface area contributed by atoms with Crippen molar-refractivity contribution < 1.29 is 12.8 Å². The number of unbranched alkanes of at least 4 members (excludes halogenated alkanes) is 3. The molecule has 114 valence electrons. The summed E-state index contributed by atoms with van der Waals surface area (Å²) in [7, 11) is -3.59. The highest BCUT2D eigenvalue weighted by molar-refractivity contribution is 7.91. The van der Waals surface area contributed by atoms with Crippen LogP contribution in [0.25, 0.3) is 0 Å². The normalized spacial score (nSPS) is 11.7. The van der Waals surface area contributed by atoms with E-state index in [1.807, 2.05) is 6.92 Å². The molecule has 0 saturated heterocycles. The molecule has 5 heteroatoms. The zero-order valence-corrected chi connectivity index (χ0v) is 13.3. The van der Waals surface area contributed by atoms with E-state index >= 15 is 0 Å². The van der Waals surface area contributed by atoms with Crippen LogP contribution in [0.5, 0.6) is 0 Å². The topological polar surface area (TPSA) is 60.2 Å². The Morgan fingerprint density at radius 2 is 1.81 bits per heavy atom. The van der Waals surface area contributed by atoms with Crippen LogP contribution in [0.3, 0.4) is 0 Å². The van der Waals surface area contributed by atoms with Gasteiger partial charge in [0.1, 0.15) is 5.76 Å². The fraction of sp³-hybridized carbons (Fsp3) is 0.438. The molecule has 0 fully saturated rings. The van der Waals surface area contributed by atoms with Crippen LogP contribution in [0.4, 0.5) is 0 Å². The number of hydrogen-bond donors (Lipinski definition) is 0. The Balaban J connectivity index is 2.21. The molecular weight excluding hydrogens is 286 g/mol. The third-order valence-electron chi connectivity index (χ3n) is 3.45. The van der Waals surface area contributed by atoms with Crippen molar-refractivity contribution in [3.05, 3.63) is 42.0 Å². The van der Waals surface area contributed by atoms with Gasteiger partial charge in [0.2, 0.25) is 14.9 Å². The Morgan fingerprint density at radius 1 is 1.10 bits per heavy atom. The minimum absolute atomic E-state index is 0.0582. The third-order valence-corrected chi connectivity index (χ3v) is 5.18. The SMILES string of the molecule is CCCCCCc1ocnc1S(=O)(=O)c1ccc(C)cc1. The maximum atomic E-state index is 12.6. The largest absolute Gasteiger partial charge is 0.447 e. The molecule has 4 nitrogen and oxygen atoms in total. The van der Waals surface area contributed by atoms with E-state index in [2.05, 4.69) is 11.9 Å². The van der Waals surface area contributed by atoms with Crippen LogP contribution in [0, 0.1) is 6.92 Å². The van der Waals surface area contributed by atoms with Crippen LogP contribution in [-0.4, -0.2) is 13.4 Å². The lowest BCUT2D eigenvalue weighted by molar-refractivity contribution is 0.481. The van der Waals surface area contributed by atoms with Gasteiger partial charge in [0.15, 0.2) is 6.39 Å². The summed E-state index contributed by atoms with van der Waals surface area (Å²) in [4.78, 5) is 4.19. The summed E-state index contributed by atoms with van der Waals surface area (Å²) in [6.45, 7) is 4.06. The molecule has 0 N–H and O–H groups in total. The molecule has 1 heterocycles. The molecule has 0 bridgehead atoms. The smallest absolute Gasteiger partial charge is 0.227 e. The molecule has 1 aromatic carbocycles. The van der Waals surface area contributed by atoms with Crippen molar-refractivity contribution in [2.45, 2.75) is 55.9 Å². The van der Waals surface area contributed by atoms with Gasteiger partial charge in [-0.2, -0.15) is 0 Å². The van der Waals surface area contributed by atoms with Crippen molar-refractivity contribution in [2.24, 2.45) is 0 Å². The third kappa shape index (κ3) is 3.73. The first-order chi connectivity index (χ1) is 10.1. The van der Waals surface area contributed by atoms with Crippen LogP contribution >= 0.6 is 0 Å². The van der Waals surface area contributed by atoms with Gasteiger partial charge in [-0.25, -0.2) is 13.4 Å². The zero-order chi connectivity index (χ0) is 15.3. The number of benzene rings is 1. The molecule has 21 heavy (non-hydrogen) atoms. The molecule has 0 amide bonds. The number of rotatable bonds is 7. The summed E-state index contributed by atoms with van der Waals surface area (Å²) in [5.74, 6) is 0.465. The molecule has 2 rings (SSSR count). The lowest BCUT2D eigenvalue weighted by Crippen LogP contribution is -2.05. The first kappa shape index (κ1) is 15.8. The predicted octanol–water partition coefficient (Wildman–Crippen LogP) is 3.94. The van der Waals surface area contributed by atoms with Gasteiger partial charge in [0.05, 0.1) is 4.90 Å². The maximum Gasteiger partial charge on any atom is 0.227 e. The molecule has 0 aliphatic carbocycles. The zero-order valence-electron chi connectivity index (χ0n) is 12.5. The summed E-state index contributed by atoms with van der Waals surface area (Å²) in [5.41, 5.74) is 1.02. The summed E-state index contributed by atoms with van der Waals surface area (Å²) in [6.07, 6.45) is 6.11. The van der Waals surface area contributed by atoms with Crippen molar-refractivity contribution >= 4 is 9.84 Å². The molecule has 0 saturated carbocycles. The number of aromatic nitrogens is 1. The molecule has 2 aromatic rings. The fourth-order valence-electron chi connectivity index (χ4n) is 2.19. The van der Waals surface area contributed by atoms with Gasteiger partial charge in [-0.1, -0.05) is 43.9 Å². The van der Waals surface area contributed by atoms with Crippen molar-refractivity contribution in [1.29, 1.82) is 0 Å². The second-order valence-corrected chi connectivity index (χ2v) is 7.07. The highest BCUT2D eigenvalue weighted by Crippen LogP contribution is 2.24. The van der Waals surface area contributed by atoms with Gasteiger partial charge in [0.25, 0.3) is 0 Å². The van der Waals surface area contributed by atoms with Crippen LogP contribution in [0.1, 0.15) is 43.9 Å². The van der Waals surface area contributed by atoms with E-state index < -0.39 is 9.84 Å². The van der Waals surface area contributed by atoms with Crippen LogP contribution < -0.4 is 0 Å². The number of oxazole rings is 1. The number of sulfone groups is 1. The van der Waals surface area contributed by atoms with Crippen molar-refractivity contribution in [3.8, 4) is 0 Å². The van der Waals surface area contributed by atoms with Gasteiger partial charge in [-0.15, -0.1) is 0 Å². The number of aryl methyl sites for hydroxylation is 2. The fourth-order valence-corrected chi connectivity index (χ4v) is 3.54. The van der Waals surface area contributed by atoms with Crippen molar-refractivity contribution in [1.82, 2.24) is 4.98 Å². The van der Waals surface area contributed by atoms with Crippen molar-refractivity contribution in [2.75, 3.05) is 0 Å². The van der Waals surface area contributed by atoms with Crippen molar-refractivity contribution in [3.63, 3.8) is 0 Å². The van der Waals surface area contributed by atoms with Gasteiger partial charge < -0.3 is 4.42 Å². The predicted molar refractivity (Wildman–Crippen MR) is 81.0 cm³/mol. The first-order valence-electron chi connectivity index (χ1n) is 7.30. The van der Waals surface area contributed by atoms with Gasteiger partial charge in [-0.3, -0.25) is 0 Å². The Morgan fingerprint density at radius 3 is 2.48 bits per heavy atom. The Kier molecular flexibility index (Phi) is 5.17. The second kappa shape index (κ2) is 6.89. The minimum Gasteiger partial charge on any atom is -0.447 e. The maximum absolute atomic E-state index is 12.6. The standard InChI is InChI=1S/C16H21NO3S/c1-3-4-5-6-7-15-16(17-12-20-15)21(18,19)14-10-8-13(2)9-11-14/h8-12H,3-7H2,1-2H3. The average molecular weight is 307 g/mol. The number of hydrogen-bond acceptors (Lipinski definition) is 4. The summed E-state index contributed by atoms with van der Waals surface area (Å²) in [6, 6.07) is 6.79. The molecule has 0 atom stereocenters. The van der Waals surface area contributed by atoms with E-state index in [0.717, 1.165) is 31.2 Å². The van der Waals surface area contributed by atoms with Gasteiger partial charge in [0, 0.05) is 6.42 Å². The highest BCUT2D eigenvalue weighted by Gasteiger charge is 2.25. The quantitative estimate of drug-likeness (QED) is 0.727. The highest BCUT2D eigenvalue weighted by atomic mass is 32.2. The molecular formula is C16H21NO3S. The van der Waals surface area contributed by atoms with E-state index in [-0.39, 0.29) is 9.92 Å². The lowest BCUT2D eigenvalue weighted by Gasteiger charge is -2.04. The van der Waals surface area contributed by atoms with Gasteiger partial charge in [-0.05, 0) is 25.5 Å². The minimum atomic E-state index is -3.59. The lowest BCUT2D eigenvalue weighted by atomic mass is 10.1. The first-order valence-corrected chi connectivity index (χ1v) is 8.78. The van der Waals surface area contributed by atoms with Crippen LogP contribution in [-0.2, 0) is 16.3 Å². The summed E-state index contributed by atoms with van der Waals surface area (Å²) < 4.78 is 30.5. The average Bonchev–Trinajstić information content (AvgIpc) is 2.93. The van der Waals surface area contributed by atoms with E-state index in [9.17, 15) is 8.42 Å². The molecule has 0 unspecified atom stereocenters. The molecule has 0 spiro atoms. The molecule has 1 aromatic heterocycles. The summed E-state index contributed by atoms with van der Waals surface area (Å²) in [5, 5.41) is 0.0582. The van der Waals surface area contributed by atoms with Gasteiger partial charge >= 0.3 is 0 Å². The Labute approximate surface area is 126 Å². The van der Waals surface area contributed by atoms with E-state index in [1.54, 1.807) is 24.3 Å². The van der Waals surface area contributed by atoms with E-state index in [0.29, 0.717) is 12.2 Å². The Bertz CT molecular complexity index is 672. The Hall–Kier alpha value is -1.62. The van der Waals surface area contributed by atoms with Crippen LogP contribution in [0.2, 0.25) is 0 Å². The van der Waals surface area contributed by atoms with E-state index in [4.69, 9.17) is 4.42 Å². The number of nitrogens with zero attached hydrogens (tertiary/aromatic N) is 1. The molecule has 0 radical (unpaired) electrons. The summed E-state index contributed by atoms with van der Waals surface area (Å²) >= 11 is 0. The van der Waals surface area contributed by atoms with Crippen LogP contribution in [0.15, 0.2) is 45.0 Å². The van der Waals surface area contributed by atoms with E-state index in [1.165, 1.54) is 6.39 Å². The molecule has 0 aliphatic rings. The second-order valence-electron chi connectivity index (χ2n) is 5.21.